The molecule has 0 bridgehead atoms. The smallest absolute Gasteiger partial charge is 0.255 e. The number of nitrogens with zero attached hydrogens (tertiary/aromatic N) is 1. The molecular formula is C13H11BrN2O3. The first-order valence-electron chi connectivity index (χ1n) is 5.99. The Hall–Kier alpha value is -1.69. The first-order valence-corrected chi connectivity index (χ1v) is 6.78. The van der Waals surface area contributed by atoms with Gasteiger partial charge in [0.25, 0.3) is 5.91 Å². The van der Waals surface area contributed by atoms with Crippen LogP contribution in [-0.2, 0) is 16.1 Å². The molecule has 0 spiro atoms. The van der Waals surface area contributed by atoms with Gasteiger partial charge in [-0.25, -0.2) is 0 Å². The largest absolute Gasteiger partial charge is 0.322 e. The average molecular weight is 323 g/mol. The quantitative estimate of drug-likeness (QED) is 0.790. The van der Waals surface area contributed by atoms with E-state index in [4.69, 9.17) is 0 Å². The normalized spacial score (nSPS) is 22.5. The number of halogens is 1. The number of hydrogen-bond acceptors (Lipinski definition) is 3. The summed E-state index contributed by atoms with van der Waals surface area (Å²) < 4.78 is 0.838. The van der Waals surface area contributed by atoms with Crippen LogP contribution in [0.1, 0.15) is 28.8 Å². The van der Waals surface area contributed by atoms with Crippen molar-refractivity contribution in [2.24, 2.45) is 0 Å². The van der Waals surface area contributed by atoms with Gasteiger partial charge in [-0.3, -0.25) is 19.7 Å². The summed E-state index contributed by atoms with van der Waals surface area (Å²) in [6.45, 7) is 0.424. The Morgan fingerprint density at radius 2 is 2.05 bits per heavy atom. The molecule has 1 aromatic carbocycles. The van der Waals surface area contributed by atoms with Gasteiger partial charge in [-0.2, -0.15) is 0 Å². The van der Waals surface area contributed by atoms with Crippen molar-refractivity contribution >= 4 is 33.7 Å². The van der Waals surface area contributed by atoms with Crippen molar-refractivity contribution in [3.8, 4) is 0 Å². The number of fused-ring (bicyclic) bond motifs is 1. The lowest BCUT2D eigenvalue weighted by molar-refractivity contribution is -0.136. The van der Waals surface area contributed by atoms with Crippen LogP contribution in [0.2, 0.25) is 0 Å². The van der Waals surface area contributed by atoms with Crippen molar-refractivity contribution < 1.29 is 14.4 Å². The van der Waals surface area contributed by atoms with E-state index in [0.29, 0.717) is 18.5 Å². The molecule has 0 aromatic heterocycles. The van der Waals surface area contributed by atoms with Crippen LogP contribution in [0.3, 0.4) is 0 Å². The molecule has 3 amide bonds. The number of piperidine rings is 1. The van der Waals surface area contributed by atoms with Gasteiger partial charge in [0.1, 0.15) is 6.04 Å². The van der Waals surface area contributed by atoms with Crippen LogP contribution in [0, 0.1) is 0 Å². The minimum Gasteiger partial charge on any atom is -0.322 e. The third-order valence-electron chi connectivity index (χ3n) is 3.49. The number of nitrogens with one attached hydrogen (secondary N) is 1. The summed E-state index contributed by atoms with van der Waals surface area (Å²) >= 11 is 3.33. The Bertz CT molecular complexity index is 600. The van der Waals surface area contributed by atoms with E-state index in [1.165, 1.54) is 0 Å². The highest BCUT2D eigenvalue weighted by atomic mass is 79.9. The number of carbonyl (C=O) groups is 3. The minimum absolute atomic E-state index is 0.147. The van der Waals surface area contributed by atoms with Gasteiger partial charge in [-0.1, -0.05) is 22.0 Å². The van der Waals surface area contributed by atoms with E-state index >= 15 is 0 Å². The minimum atomic E-state index is -0.545. The molecule has 1 saturated heterocycles. The number of benzene rings is 1. The summed E-state index contributed by atoms with van der Waals surface area (Å²) in [4.78, 5) is 36.8. The second kappa shape index (κ2) is 4.45. The molecule has 0 saturated carbocycles. The summed E-state index contributed by atoms with van der Waals surface area (Å²) in [6.07, 6.45) is 0.672. The molecular weight excluding hydrogens is 312 g/mol. The standard InChI is InChI=1S/C13H11BrN2O3/c14-8-2-1-7-6-16(13(19)9(7)5-8)10-3-4-11(17)15-12(10)18/h1-2,5,10H,3-4,6H2,(H,15,17,18)/t10-/m0/s1. The molecule has 6 heteroatoms. The molecule has 2 aliphatic rings. The van der Waals surface area contributed by atoms with Gasteiger partial charge in [0.05, 0.1) is 0 Å². The van der Waals surface area contributed by atoms with Crippen LogP contribution in [0.5, 0.6) is 0 Å². The Kier molecular flexibility index (Phi) is 2.89. The Morgan fingerprint density at radius 1 is 1.26 bits per heavy atom. The zero-order valence-electron chi connectivity index (χ0n) is 9.98. The highest BCUT2D eigenvalue weighted by molar-refractivity contribution is 9.10. The van der Waals surface area contributed by atoms with Gasteiger partial charge in [0.15, 0.2) is 0 Å². The SMILES string of the molecule is O=C1CC[C@H](N2Cc3ccc(Br)cc3C2=O)C(=O)N1. The first kappa shape index (κ1) is 12.3. The van der Waals surface area contributed by atoms with Gasteiger partial charge >= 0.3 is 0 Å². The van der Waals surface area contributed by atoms with Gasteiger partial charge in [-0.05, 0) is 24.1 Å². The molecule has 0 aliphatic carbocycles. The molecule has 19 heavy (non-hydrogen) atoms. The van der Waals surface area contributed by atoms with Crippen molar-refractivity contribution in [3.63, 3.8) is 0 Å². The predicted octanol–water partition coefficient (Wildman–Crippen LogP) is 1.21. The number of carbonyl (C=O) groups excluding carboxylic acids is 3. The third-order valence-corrected chi connectivity index (χ3v) is 3.98. The molecule has 1 aromatic rings. The predicted molar refractivity (Wildman–Crippen MR) is 70.2 cm³/mol. The fraction of sp³-hybridized carbons (Fsp3) is 0.308. The maximum absolute atomic E-state index is 12.3. The van der Waals surface area contributed by atoms with Crippen LogP contribution in [0.25, 0.3) is 0 Å². The van der Waals surface area contributed by atoms with E-state index in [-0.39, 0.29) is 24.1 Å². The lowest BCUT2D eigenvalue weighted by Crippen LogP contribution is -2.52. The second-order valence-electron chi connectivity index (χ2n) is 4.70. The highest BCUT2D eigenvalue weighted by Gasteiger charge is 2.38. The Labute approximate surface area is 118 Å². The third kappa shape index (κ3) is 2.06. The van der Waals surface area contributed by atoms with Gasteiger partial charge in [0, 0.05) is 23.0 Å². The molecule has 1 atom stereocenters. The van der Waals surface area contributed by atoms with Crippen LogP contribution in [0.4, 0.5) is 0 Å². The summed E-state index contributed by atoms with van der Waals surface area (Å²) in [5.41, 5.74) is 1.54. The molecule has 2 heterocycles. The summed E-state index contributed by atoms with van der Waals surface area (Å²) in [7, 11) is 0. The maximum Gasteiger partial charge on any atom is 0.255 e. The maximum atomic E-state index is 12.3. The molecule has 98 valence electrons. The highest BCUT2D eigenvalue weighted by Crippen LogP contribution is 2.29. The van der Waals surface area contributed by atoms with Gasteiger partial charge in [0.2, 0.25) is 11.8 Å². The van der Waals surface area contributed by atoms with E-state index in [2.05, 4.69) is 21.2 Å². The van der Waals surface area contributed by atoms with E-state index in [1.54, 1.807) is 11.0 Å². The van der Waals surface area contributed by atoms with E-state index < -0.39 is 6.04 Å². The molecule has 2 aliphatic heterocycles. The van der Waals surface area contributed by atoms with Crippen molar-refractivity contribution in [3.05, 3.63) is 33.8 Å². The molecule has 3 rings (SSSR count). The number of amides is 3. The van der Waals surface area contributed by atoms with Gasteiger partial charge in [-0.15, -0.1) is 0 Å². The van der Waals surface area contributed by atoms with E-state index in [0.717, 1.165) is 10.0 Å². The lowest BCUT2D eigenvalue weighted by Gasteiger charge is -2.29. The second-order valence-corrected chi connectivity index (χ2v) is 5.62. The Morgan fingerprint density at radius 3 is 2.79 bits per heavy atom. The molecule has 1 N–H and O–H groups in total. The van der Waals surface area contributed by atoms with Crippen LogP contribution in [0.15, 0.2) is 22.7 Å². The van der Waals surface area contributed by atoms with Crippen molar-refractivity contribution in [2.45, 2.75) is 25.4 Å². The monoisotopic (exact) mass is 322 g/mol. The fourth-order valence-electron chi connectivity index (χ4n) is 2.53. The zero-order valence-corrected chi connectivity index (χ0v) is 11.6. The van der Waals surface area contributed by atoms with Crippen molar-refractivity contribution in [1.29, 1.82) is 0 Å². The topological polar surface area (TPSA) is 66.5 Å². The van der Waals surface area contributed by atoms with Crippen molar-refractivity contribution in [2.75, 3.05) is 0 Å². The summed E-state index contributed by atoms with van der Waals surface area (Å²) in [5, 5.41) is 2.28. The molecule has 5 nitrogen and oxygen atoms in total. The molecule has 0 unspecified atom stereocenters. The van der Waals surface area contributed by atoms with Crippen molar-refractivity contribution in [1.82, 2.24) is 10.2 Å². The van der Waals surface area contributed by atoms with E-state index in [9.17, 15) is 14.4 Å². The number of imide groups is 1. The van der Waals surface area contributed by atoms with Crippen LogP contribution < -0.4 is 5.32 Å². The van der Waals surface area contributed by atoms with Gasteiger partial charge < -0.3 is 4.90 Å². The first-order chi connectivity index (χ1) is 9.06. The number of hydrogen-bond donors (Lipinski definition) is 1. The molecule has 1 fully saturated rings. The van der Waals surface area contributed by atoms with Crippen LogP contribution in [-0.4, -0.2) is 28.7 Å². The van der Waals surface area contributed by atoms with E-state index in [1.807, 2.05) is 12.1 Å². The average Bonchev–Trinajstić information content (AvgIpc) is 2.67. The summed E-state index contributed by atoms with van der Waals surface area (Å²) in [6, 6.07) is 4.98. The fourth-order valence-corrected chi connectivity index (χ4v) is 2.89. The zero-order chi connectivity index (χ0) is 13.6. The lowest BCUT2D eigenvalue weighted by atomic mass is 10.0. The number of rotatable bonds is 1. The Balaban J connectivity index is 1.88. The van der Waals surface area contributed by atoms with Crippen LogP contribution >= 0.6 is 15.9 Å². The summed E-state index contributed by atoms with van der Waals surface area (Å²) in [5.74, 6) is -0.796. The molecule has 0 radical (unpaired) electrons.